The summed E-state index contributed by atoms with van der Waals surface area (Å²) in [5, 5.41) is 20.9. The van der Waals surface area contributed by atoms with Gasteiger partial charge >= 0.3 is 0 Å². The van der Waals surface area contributed by atoms with Crippen LogP contribution in [0.3, 0.4) is 0 Å². The van der Waals surface area contributed by atoms with Crippen molar-refractivity contribution in [2.24, 2.45) is 0 Å². The van der Waals surface area contributed by atoms with Gasteiger partial charge in [-0.2, -0.15) is 5.26 Å². The Morgan fingerprint density at radius 1 is 1.08 bits per heavy atom. The lowest BCUT2D eigenvalue weighted by Gasteiger charge is -2.12. The Labute approximate surface area is 150 Å². The van der Waals surface area contributed by atoms with Gasteiger partial charge in [-0.05, 0) is 31.5 Å². The van der Waals surface area contributed by atoms with Gasteiger partial charge in [-0.25, -0.2) is 4.98 Å². The van der Waals surface area contributed by atoms with Crippen LogP contribution in [-0.4, -0.2) is 9.91 Å². The van der Waals surface area contributed by atoms with E-state index in [0.29, 0.717) is 16.8 Å². The number of nitro benzene ring substituents is 1. The van der Waals surface area contributed by atoms with Crippen molar-refractivity contribution in [3.63, 3.8) is 0 Å². The molecule has 0 unspecified atom stereocenters. The molecule has 2 N–H and O–H groups in total. The van der Waals surface area contributed by atoms with Gasteiger partial charge in [0.1, 0.15) is 17.5 Å². The number of anilines is 1. The number of hydrogen-bond donors (Lipinski definition) is 1. The lowest BCUT2D eigenvalue weighted by atomic mass is 9.95. The fourth-order valence-corrected chi connectivity index (χ4v) is 2.99. The number of nitriles is 1. The number of nitrogen functional groups attached to an aromatic ring is 1. The molecule has 0 aliphatic heterocycles. The highest BCUT2D eigenvalue weighted by Gasteiger charge is 2.21. The Kier molecular flexibility index (Phi) is 4.38. The summed E-state index contributed by atoms with van der Waals surface area (Å²) in [6.07, 6.45) is 0. The normalized spacial score (nSPS) is 10.3. The first-order valence-electron chi connectivity index (χ1n) is 7.94. The van der Waals surface area contributed by atoms with E-state index in [1.807, 2.05) is 38.1 Å². The molecule has 128 valence electrons. The minimum absolute atomic E-state index is 0.0538. The molecule has 0 bridgehead atoms. The van der Waals surface area contributed by atoms with Crippen LogP contribution < -0.4 is 5.73 Å². The number of rotatable bonds is 3. The van der Waals surface area contributed by atoms with E-state index in [1.54, 1.807) is 24.3 Å². The Balaban J connectivity index is 2.31. The molecule has 3 rings (SSSR count). The molecule has 26 heavy (non-hydrogen) atoms. The summed E-state index contributed by atoms with van der Waals surface area (Å²) < 4.78 is 0. The van der Waals surface area contributed by atoms with Gasteiger partial charge in [0.2, 0.25) is 0 Å². The van der Waals surface area contributed by atoms with Gasteiger partial charge in [0.25, 0.3) is 5.69 Å². The van der Waals surface area contributed by atoms with Gasteiger partial charge in [-0.15, -0.1) is 0 Å². The summed E-state index contributed by atoms with van der Waals surface area (Å²) in [6, 6.07) is 15.9. The highest BCUT2D eigenvalue weighted by molar-refractivity contribution is 5.84. The Morgan fingerprint density at radius 3 is 2.46 bits per heavy atom. The lowest BCUT2D eigenvalue weighted by Crippen LogP contribution is -2.02. The fraction of sp³-hybridized carbons (Fsp3) is 0.100. The number of aryl methyl sites for hydroxylation is 2. The summed E-state index contributed by atoms with van der Waals surface area (Å²) >= 11 is 0. The van der Waals surface area contributed by atoms with Crippen LogP contribution in [0.2, 0.25) is 0 Å². The smallest absolute Gasteiger partial charge is 0.277 e. The number of para-hydroxylation sites is 1. The monoisotopic (exact) mass is 344 g/mol. The van der Waals surface area contributed by atoms with E-state index in [4.69, 9.17) is 5.73 Å². The van der Waals surface area contributed by atoms with Crippen LogP contribution in [0.25, 0.3) is 22.4 Å². The van der Waals surface area contributed by atoms with E-state index >= 15 is 0 Å². The highest BCUT2D eigenvalue weighted by atomic mass is 16.6. The van der Waals surface area contributed by atoms with Gasteiger partial charge < -0.3 is 5.73 Å². The molecule has 0 atom stereocenters. The lowest BCUT2D eigenvalue weighted by molar-refractivity contribution is -0.384. The Morgan fingerprint density at radius 2 is 1.81 bits per heavy atom. The van der Waals surface area contributed by atoms with Gasteiger partial charge in [-0.3, -0.25) is 10.1 Å². The molecule has 0 spiro atoms. The van der Waals surface area contributed by atoms with Crippen LogP contribution in [0, 0.1) is 35.3 Å². The van der Waals surface area contributed by atoms with Crippen LogP contribution in [0.4, 0.5) is 11.5 Å². The third-order valence-corrected chi connectivity index (χ3v) is 4.21. The van der Waals surface area contributed by atoms with Gasteiger partial charge in [0.15, 0.2) is 0 Å². The van der Waals surface area contributed by atoms with Gasteiger partial charge in [-0.1, -0.05) is 35.9 Å². The summed E-state index contributed by atoms with van der Waals surface area (Å²) in [6.45, 7) is 3.96. The molecule has 6 nitrogen and oxygen atoms in total. The first-order valence-corrected chi connectivity index (χ1v) is 7.94. The molecular weight excluding hydrogens is 328 g/mol. The topological polar surface area (TPSA) is 106 Å². The standard InChI is InChI=1S/C20H16N4O2/c1-12-7-8-14(13(2)9-12)18-10-16(17(11-21)20(22)23-18)15-5-3-4-6-19(15)24(25)26/h3-10H,1-2H3,(H2,22,23). The van der Waals surface area contributed by atoms with Crippen molar-refractivity contribution in [2.45, 2.75) is 13.8 Å². The van der Waals surface area contributed by atoms with Crippen LogP contribution in [0.5, 0.6) is 0 Å². The number of pyridine rings is 1. The largest absolute Gasteiger partial charge is 0.383 e. The summed E-state index contributed by atoms with van der Waals surface area (Å²) in [5.74, 6) is 0.0538. The fourth-order valence-electron chi connectivity index (χ4n) is 2.99. The Bertz CT molecular complexity index is 1070. The average Bonchev–Trinajstić information content (AvgIpc) is 2.61. The zero-order valence-electron chi connectivity index (χ0n) is 14.4. The van der Waals surface area contributed by atoms with Crippen molar-refractivity contribution >= 4 is 11.5 Å². The van der Waals surface area contributed by atoms with E-state index < -0.39 is 4.92 Å². The van der Waals surface area contributed by atoms with Crippen LogP contribution in [0.15, 0.2) is 48.5 Å². The van der Waals surface area contributed by atoms with E-state index in [0.717, 1.165) is 16.7 Å². The third kappa shape index (κ3) is 2.98. The predicted octanol–water partition coefficient (Wildman–Crippen LogP) is 4.39. The van der Waals surface area contributed by atoms with Crippen molar-refractivity contribution in [1.82, 2.24) is 4.98 Å². The van der Waals surface area contributed by atoms with E-state index in [1.165, 1.54) is 6.07 Å². The number of nitrogens with two attached hydrogens (primary N) is 1. The quantitative estimate of drug-likeness (QED) is 0.560. The minimum atomic E-state index is -0.468. The molecule has 0 fully saturated rings. The predicted molar refractivity (Wildman–Crippen MR) is 100 cm³/mol. The van der Waals surface area contributed by atoms with Crippen LogP contribution >= 0.6 is 0 Å². The second-order valence-electron chi connectivity index (χ2n) is 6.02. The molecular formula is C20H16N4O2. The van der Waals surface area contributed by atoms with E-state index in [-0.39, 0.29) is 17.1 Å². The molecule has 6 heteroatoms. The SMILES string of the molecule is Cc1ccc(-c2cc(-c3ccccc3[N+](=O)[O-])c(C#N)c(N)n2)c(C)c1. The number of hydrogen-bond acceptors (Lipinski definition) is 5. The molecule has 1 heterocycles. The summed E-state index contributed by atoms with van der Waals surface area (Å²) in [4.78, 5) is 15.3. The summed E-state index contributed by atoms with van der Waals surface area (Å²) in [5.41, 5.74) is 10.4. The molecule has 0 saturated heterocycles. The maximum atomic E-state index is 11.4. The number of nitro groups is 1. The zero-order chi connectivity index (χ0) is 18.8. The molecule has 0 saturated carbocycles. The Hall–Kier alpha value is -3.72. The summed E-state index contributed by atoms with van der Waals surface area (Å²) in [7, 11) is 0. The van der Waals surface area contributed by atoms with Crippen LogP contribution in [0.1, 0.15) is 16.7 Å². The zero-order valence-corrected chi connectivity index (χ0v) is 14.4. The number of aromatic nitrogens is 1. The maximum absolute atomic E-state index is 11.4. The first-order chi connectivity index (χ1) is 12.4. The van der Waals surface area contributed by atoms with E-state index in [2.05, 4.69) is 4.98 Å². The van der Waals surface area contributed by atoms with E-state index in [9.17, 15) is 15.4 Å². The minimum Gasteiger partial charge on any atom is -0.383 e. The van der Waals surface area contributed by atoms with Crippen molar-refractivity contribution < 1.29 is 4.92 Å². The maximum Gasteiger partial charge on any atom is 0.277 e. The molecule has 3 aromatic rings. The van der Waals surface area contributed by atoms with Crippen LogP contribution in [-0.2, 0) is 0 Å². The molecule has 0 radical (unpaired) electrons. The van der Waals surface area contributed by atoms with Gasteiger partial charge in [0.05, 0.1) is 16.2 Å². The third-order valence-electron chi connectivity index (χ3n) is 4.21. The molecule has 1 aromatic heterocycles. The van der Waals surface area contributed by atoms with Crippen molar-refractivity contribution in [2.75, 3.05) is 5.73 Å². The number of benzene rings is 2. The van der Waals surface area contributed by atoms with Crippen molar-refractivity contribution in [1.29, 1.82) is 5.26 Å². The molecule has 0 amide bonds. The first kappa shape index (κ1) is 17.1. The second kappa shape index (κ2) is 6.65. The average molecular weight is 344 g/mol. The molecule has 0 aliphatic carbocycles. The molecule has 0 aliphatic rings. The van der Waals surface area contributed by atoms with Crippen molar-refractivity contribution in [3.8, 4) is 28.5 Å². The molecule has 2 aromatic carbocycles. The number of nitrogens with zero attached hydrogens (tertiary/aromatic N) is 3. The highest BCUT2D eigenvalue weighted by Crippen LogP contribution is 2.36. The van der Waals surface area contributed by atoms with Gasteiger partial charge in [0, 0.05) is 17.2 Å². The second-order valence-corrected chi connectivity index (χ2v) is 6.02. The van der Waals surface area contributed by atoms with Crippen molar-refractivity contribution in [3.05, 3.63) is 75.3 Å².